The zero-order valence-electron chi connectivity index (χ0n) is 12.9. The van der Waals surface area contributed by atoms with Crippen LogP contribution in [-0.4, -0.2) is 16.3 Å². The average Bonchev–Trinajstić information content (AvgIpc) is 2.39. The van der Waals surface area contributed by atoms with Crippen LogP contribution in [0, 0.1) is 0 Å². The molecule has 1 heteroatoms. The number of unbranched alkanes of at least 4 members (excludes halogenated alkanes) is 14. The summed E-state index contributed by atoms with van der Waals surface area (Å²) in [5, 5.41) is 1.29. The first-order valence-electron chi connectivity index (χ1n) is 8.62. The van der Waals surface area contributed by atoms with E-state index in [2.05, 4.69) is 23.2 Å². The maximum atomic E-state index is 2.82. The highest BCUT2D eigenvalue weighted by atomic mass is 27.0. The lowest BCUT2D eigenvalue weighted by atomic mass is 10.0. The van der Waals surface area contributed by atoms with E-state index in [0.717, 1.165) is 0 Å². The summed E-state index contributed by atoms with van der Waals surface area (Å²) in [4.78, 5) is 0. The molecule has 0 saturated heterocycles. The minimum atomic E-state index is 0. The molecule has 18 heavy (non-hydrogen) atoms. The van der Waals surface area contributed by atoms with Crippen LogP contribution in [-0.2, 0) is 0 Å². The molecular formula is C17H39Al. The normalized spacial score (nSPS) is 10.9. The van der Waals surface area contributed by atoms with Crippen LogP contribution in [0.1, 0.15) is 106 Å². The van der Waals surface area contributed by atoms with Crippen LogP contribution in [0.25, 0.3) is 0 Å². The third-order valence-electron chi connectivity index (χ3n) is 3.81. The third kappa shape index (κ3) is 16.5. The molecule has 0 nitrogen and oxygen atoms in total. The SMILES string of the molecule is CCCCCCCCCCCCCCCC[CH2][Al].[HH].[HH]. The maximum absolute atomic E-state index is 2.82. The van der Waals surface area contributed by atoms with E-state index in [0.29, 0.717) is 0 Å². The fraction of sp³-hybridized carbons (Fsp3) is 1.00. The Bertz CT molecular complexity index is 127. The molecule has 0 atom stereocenters. The van der Waals surface area contributed by atoms with Crippen molar-refractivity contribution in [1.82, 2.24) is 0 Å². The van der Waals surface area contributed by atoms with E-state index in [9.17, 15) is 0 Å². The molecule has 0 fully saturated rings. The van der Waals surface area contributed by atoms with Gasteiger partial charge in [-0.2, -0.15) is 0 Å². The molecule has 0 aromatic rings. The van der Waals surface area contributed by atoms with Crippen molar-refractivity contribution in [3.63, 3.8) is 0 Å². The molecule has 110 valence electrons. The molecule has 2 radical (unpaired) electrons. The predicted octanol–water partition coefficient (Wildman–Crippen LogP) is 6.94. The van der Waals surface area contributed by atoms with Crippen LogP contribution in [0.2, 0.25) is 5.28 Å². The van der Waals surface area contributed by atoms with E-state index in [-0.39, 0.29) is 2.85 Å². The molecule has 0 amide bonds. The lowest BCUT2D eigenvalue weighted by Gasteiger charge is -2.03. The fourth-order valence-corrected chi connectivity index (χ4v) is 2.80. The third-order valence-corrected chi connectivity index (χ3v) is 4.22. The summed E-state index contributed by atoms with van der Waals surface area (Å²) in [6.45, 7) is 2.29. The van der Waals surface area contributed by atoms with Crippen molar-refractivity contribution in [2.24, 2.45) is 0 Å². The van der Waals surface area contributed by atoms with Crippen molar-refractivity contribution in [1.29, 1.82) is 0 Å². The van der Waals surface area contributed by atoms with Gasteiger partial charge in [-0.3, -0.25) is 0 Å². The Morgan fingerprint density at radius 3 is 1.06 bits per heavy atom. The summed E-state index contributed by atoms with van der Waals surface area (Å²) < 4.78 is 0. The highest BCUT2D eigenvalue weighted by Gasteiger charge is 1.93. The molecule has 0 rings (SSSR count). The van der Waals surface area contributed by atoms with Gasteiger partial charge in [-0.15, -0.1) is 5.28 Å². The molecular weight excluding hydrogens is 231 g/mol. The highest BCUT2D eigenvalue weighted by Crippen LogP contribution is 2.13. The van der Waals surface area contributed by atoms with Crippen molar-refractivity contribution in [3.05, 3.63) is 0 Å². The van der Waals surface area contributed by atoms with E-state index >= 15 is 0 Å². The Kier molecular flexibility index (Phi) is 18.1. The van der Waals surface area contributed by atoms with Crippen LogP contribution in [0.4, 0.5) is 0 Å². The molecule has 0 aromatic carbocycles. The van der Waals surface area contributed by atoms with E-state index in [1.807, 2.05) is 0 Å². The van der Waals surface area contributed by atoms with Gasteiger partial charge in [-0.25, -0.2) is 0 Å². The molecule has 0 saturated carbocycles. The van der Waals surface area contributed by atoms with Crippen LogP contribution < -0.4 is 0 Å². The Hall–Kier alpha value is 0.532. The molecule has 0 N–H and O–H groups in total. The van der Waals surface area contributed by atoms with Crippen LogP contribution in [0.3, 0.4) is 0 Å². The zero-order valence-corrected chi connectivity index (χ0v) is 14.0. The molecule has 0 aliphatic rings. The van der Waals surface area contributed by atoms with Crippen molar-refractivity contribution in [2.45, 2.75) is 109 Å². The summed E-state index contributed by atoms with van der Waals surface area (Å²) in [5.41, 5.74) is 0. The van der Waals surface area contributed by atoms with Gasteiger partial charge in [-0.1, -0.05) is 103 Å². The van der Waals surface area contributed by atoms with Crippen LogP contribution >= 0.6 is 0 Å². The molecule has 0 aliphatic carbocycles. The van der Waals surface area contributed by atoms with Crippen LogP contribution in [0.5, 0.6) is 0 Å². The van der Waals surface area contributed by atoms with Crippen LogP contribution in [0.15, 0.2) is 0 Å². The van der Waals surface area contributed by atoms with E-state index in [1.54, 1.807) is 0 Å². The van der Waals surface area contributed by atoms with Crippen molar-refractivity contribution in [3.8, 4) is 0 Å². The second-order valence-electron chi connectivity index (χ2n) is 5.74. The number of rotatable bonds is 15. The van der Waals surface area contributed by atoms with E-state index < -0.39 is 0 Å². The first kappa shape index (κ1) is 18.5. The standard InChI is InChI=1S/C17H35.Al.2H2/c1-3-5-7-9-11-13-15-17-16-14-12-10-8-6-4-2;;;/h1,3-17H2,2H3;;2*1H. The molecule has 0 spiro atoms. The monoisotopic (exact) mass is 270 g/mol. The summed E-state index contributed by atoms with van der Waals surface area (Å²) in [7, 11) is 0. The van der Waals surface area contributed by atoms with Gasteiger partial charge in [0.1, 0.15) is 16.3 Å². The molecule has 0 unspecified atom stereocenters. The summed E-state index contributed by atoms with van der Waals surface area (Å²) in [6.07, 6.45) is 21.9. The Balaban J connectivity index is -0.00000144. The Labute approximate surface area is 128 Å². The lowest BCUT2D eigenvalue weighted by Crippen LogP contribution is -1.83. The van der Waals surface area contributed by atoms with Gasteiger partial charge in [0.15, 0.2) is 0 Å². The summed E-state index contributed by atoms with van der Waals surface area (Å²) in [5.74, 6) is 0. The second-order valence-corrected chi connectivity index (χ2v) is 6.32. The first-order chi connectivity index (χ1) is 8.91. The summed E-state index contributed by atoms with van der Waals surface area (Å²) in [6, 6.07) is 0. The minimum Gasteiger partial charge on any atom is -0.118 e. The van der Waals surface area contributed by atoms with Crippen molar-refractivity contribution >= 4 is 16.3 Å². The largest absolute Gasteiger partial charge is 0.118 e. The maximum Gasteiger partial charge on any atom is 0.118 e. The predicted molar refractivity (Wildman–Crippen MR) is 89.7 cm³/mol. The van der Waals surface area contributed by atoms with Gasteiger partial charge in [0.25, 0.3) is 0 Å². The topological polar surface area (TPSA) is 0 Å². The second kappa shape index (κ2) is 17.5. The smallest absolute Gasteiger partial charge is 0.118 e. The molecule has 0 bridgehead atoms. The summed E-state index contributed by atoms with van der Waals surface area (Å²) >= 11 is 2.82. The van der Waals surface area contributed by atoms with Gasteiger partial charge in [0.05, 0.1) is 0 Å². The van der Waals surface area contributed by atoms with Gasteiger partial charge >= 0.3 is 0 Å². The fourth-order valence-electron chi connectivity index (χ4n) is 2.52. The number of hydrogen-bond donors (Lipinski definition) is 0. The molecule has 0 aliphatic heterocycles. The van der Waals surface area contributed by atoms with E-state index in [4.69, 9.17) is 0 Å². The van der Waals surface area contributed by atoms with Gasteiger partial charge in [-0.05, 0) is 0 Å². The quantitative estimate of drug-likeness (QED) is 0.223. The first-order valence-corrected chi connectivity index (χ1v) is 9.43. The van der Waals surface area contributed by atoms with Crippen molar-refractivity contribution in [2.75, 3.05) is 0 Å². The number of hydrogen-bond acceptors (Lipinski definition) is 0. The average molecular weight is 270 g/mol. The highest BCUT2D eigenvalue weighted by molar-refractivity contribution is 6.08. The van der Waals surface area contributed by atoms with E-state index in [1.165, 1.54) is 102 Å². The van der Waals surface area contributed by atoms with Gasteiger partial charge in [0, 0.05) is 2.85 Å². The van der Waals surface area contributed by atoms with Gasteiger partial charge < -0.3 is 0 Å². The zero-order chi connectivity index (χ0) is 13.3. The molecule has 0 heterocycles. The van der Waals surface area contributed by atoms with Gasteiger partial charge in [0.2, 0.25) is 0 Å². The lowest BCUT2D eigenvalue weighted by molar-refractivity contribution is 0.534. The van der Waals surface area contributed by atoms with Crippen molar-refractivity contribution < 1.29 is 2.85 Å². The minimum absolute atomic E-state index is 0. The molecule has 0 aromatic heterocycles. The Morgan fingerprint density at radius 2 is 0.778 bits per heavy atom. The Morgan fingerprint density at radius 1 is 0.500 bits per heavy atom.